The van der Waals surface area contributed by atoms with Gasteiger partial charge < -0.3 is 0 Å². The molecule has 144 valence electrons. The van der Waals surface area contributed by atoms with Gasteiger partial charge in [-0.2, -0.15) is 0 Å². The molecule has 0 fully saturated rings. The minimum Gasteiger partial charge on any atom is -0.267 e. The molecule has 7 nitrogen and oxygen atoms in total. The number of hydrazine groups is 1. The topological polar surface area (TPSA) is 104 Å². The summed E-state index contributed by atoms with van der Waals surface area (Å²) in [4.78, 5) is 24.0. The first-order valence-corrected chi connectivity index (χ1v) is 9.46. The van der Waals surface area contributed by atoms with Crippen molar-refractivity contribution in [3.8, 4) is 0 Å². The number of sulfonamides is 1. The second kappa shape index (κ2) is 7.85. The van der Waals surface area contributed by atoms with Gasteiger partial charge in [-0.15, -0.1) is 0 Å². The summed E-state index contributed by atoms with van der Waals surface area (Å²) in [6, 6.07) is 10.1. The summed E-state index contributed by atoms with van der Waals surface area (Å²) in [6.07, 6.45) is 0. The van der Waals surface area contributed by atoms with Gasteiger partial charge in [0.2, 0.25) is 10.0 Å². The van der Waals surface area contributed by atoms with Gasteiger partial charge in [-0.1, -0.05) is 0 Å². The van der Waals surface area contributed by atoms with E-state index < -0.39 is 33.2 Å². The lowest BCUT2D eigenvalue weighted by atomic mass is 10.1. The first-order valence-electron chi connectivity index (χ1n) is 7.98. The van der Waals surface area contributed by atoms with Gasteiger partial charge in [-0.25, -0.2) is 17.5 Å². The Morgan fingerprint density at radius 2 is 1.22 bits per heavy atom. The zero-order valence-electron chi connectivity index (χ0n) is 15.0. The second-order valence-electron chi connectivity index (χ2n) is 6.80. The van der Waals surface area contributed by atoms with E-state index in [0.717, 1.165) is 12.1 Å². The van der Waals surface area contributed by atoms with E-state index in [1.165, 1.54) is 36.4 Å². The lowest BCUT2D eigenvalue weighted by Crippen LogP contribution is -2.41. The molecule has 0 aliphatic heterocycles. The Hall–Kier alpha value is -2.78. The molecule has 0 radical (unpaired) electrons. The Bertz CT molecular complexity index is 934. The van der Waals surface area contributed by atoms with Crippen molar-refractivity contribution >= 4 is 21.8 Å². The van der Waals surface area contributed by atoms with Crippen LogP contribution < -0.4 is 15.6 Å². The Kier molecular flexibility index (Phi) is 5.97. The van der Waals surface area contributed by atoms with Crippen molar-refractivity contribution < 1.29 is 22.4 Å². The number of halogens is 1. The smallest absolute Gasteiger partial charge is 0.267 e. The normalized spacial score (nSPS) is 11.7. The molecule has 2 aromatic carbocycles. The maximum atomic E-state index is 12.8. The van der Waals surface area contributed by atoms with E-state index in [9.17, 15) is 22.4 Å². The predicted molar refractivity (Wildman–Crippen MR) is 97.8 cm³/mol. The van der Waals surface area contributed by atoms with E-state index in [1.807, 2.05) is 0 Å². The first-order chi connectivity index (χ1) is 12.5. The van der Waals surface area contributed by atoms with Crippen LogP contribution in [0.25, 0.3) is 0 Å². The van der Waals surface area contributed by atoms with Crippen LogP contribution in [0, 0.1) is 5.82 Å². The van der Waals surface area contributed by atoms with Gasteiger partial charge >= 0.3 is 0 Å². The van der Waals surface area contributed by atoms with Gasteiger partial charge in [-0.3, -0.25) is 20.4 Å². The highest BCUT2D eigenvalue weighted by Crippen LogP contribution is 2.14. The molecule has 9 heteroatoms. The molecule has 2 rings (SSSR count). The number of carbonyl (C=O) groups is 2. The van der Waals surface area contributed by atoms with Crippen LogP contribution in [-0.4, -0.2) is 25.8 Å². The zero-order chi connectivity index (χ0) is 20.2. The summed E-state index contributed by atoms with van der Waals surface area (Å²) in [5, 5.41) is 0. The lowest BCUT2D eigenvalue weighted by Gasteiger charge is -2.20. The maximum Gasteiger partial charge on any atom is 0.269 e. The molecule has 0 aromatic heterocycles. The fourth-order valence-corrected chi connectivity index (χ4v) is 3.53. The molecule has 27 heavy (non-hydrogen) atoms. The predicted octanol–water partition coefficient (Wildman–Crippen LogP) is 1.98. The van der Waals surface area contributed by atoms with Crippen molar-refractivity contribution in [3.63, 3.8) is 0 Å². The van der Waals surface area contributed by atoms with Gasteiger partial charge in [0.15, 0.2) is 0 Å². The third-order valence-electron chi connectivity index (χ3n) is 3.26. The SMILES string of the molecule is CC(C)(C)NS(=O)(=O)c1ccc(C(=O)NNC(=O)c2ccc(F)cc2)cc1. The average molecular weight is 393 g/mol. The fraction of sp³-hybridized carbons (Fsp3) is 0.222. The summed E-state index contributed by atoms with van der Waals surface area (Å²) in [5.74, 6) is -1.72. The molecule has 0 atom stereocenters. The number of nitrogens with one attached hydrogen (secondary N) is 3. The minimum absolute atomic E-state index is 0.0179. The van der Waals surface area contributed by atoms with Crippen molar-refractivity contribution in [2.45, 2.75) is 31.2 Å². The number of benzene rings is 2. The summed E-state index contributed by atoms with van der Waals surface area (Å²) in [6.45, 7) is 5.16. The van der Waals surface area contributed by atoms with Gasteiger partial charge in [-0.05, 0) is 69.3 Å². The van der Waals surface area contributed by atoms with Crippen LogP contribution in [0.4, 0.5) is 4.39 Å². The second-order valence-corrected chi connectivity index (χ2v) is 8.48. The van der Waals surface area contributed by atoms with Crippen molar-refractivity contribution in [2.24, 2.45) is 0 Å². The third-order valence-corrected chi connectivity index (χ3v) is 5.04. The Labute approximate surface area is 157 Å². The van der Waals surface area contributed by atoms with E-state index in [1.54, 1.807) is 20.8 Å². The van der Waals surface area contributed by atoms with Gasteiger partial charge in [0.1, 0.15) is 5.82 Å². The minimum atomic E-state index is -3.71. The van der Waals surface area contributed by atoms with Crippen molar-refractivity contribution in [2.75, 3.05) is 0 Å². The van der Waals surface area contributed by atoms with Crippen molar-refractivity contribution in [1.82, 2.24) is 15.6 Å². The molecule has 0 aliphatic rings. The highest BCUT2D eigenvalue weighted by molar-refractivity contribution is 7.89. The third kappa shape index (κ3) is 5.87. The summed E-state index contributed by atoms with van der Waals surface area (Å²) in [7, 11) is -3.71. The average Bonchev–Trinajstić information content (AvgIpc) is 2.58. The molecular weight excluding hydrogens is 373 g/mol. The molecule has 0 saturated carbocycles. The molecule has 0 heterocycles. The number of amides is 2. The van der Waals surface area contributed by atoms with Crippen LogP contribution >= 0.6 is 0 Å². The lowest BCUT2D eigenvalue weighted by molar-refractivity contribution is 0.0846. The number of hydrogen-bond acceptors (Lipinski definition) is 4. The van der Waals surface area contributed by atoms with Crippen LogP contribution in [0.5, 0.6) is 0 Å². The summed E-state index contributed by atoms with van der Waals surface area (Å²) < 4.78 is 39.8. The molecular formula is C18H20FN3O4S. The van der Waals surface area contributed by atoms with Gasteiger partial charge in [0.05, 0.1) is 4.90 Å². The van der Waals surface area contributed by atoms with E-state index >= 15 is 0 Å². The number of rotatable bonds is 4. The zero-order valence-corrected chi connectivity index (χ0v) is 15.9. The number of carbonyl (C=O) groups excluding carboxylic acids is 2. The van der Waals surface area contributed by atoms with Crippen LogP contribution in [0.3, 0.4) is 0 Å². The number of hydrogen-bond donors (Lipinski definition) is 3. The molecule has 0 saturated heterocycles. The standard InChI is InChI=1S/C18H20FN3O4S/c1-18(2,3)22-27(25,26)15-10-6-13(7-11-15)17(24)21-20-16(23)12-4-8-14(19)9-5-12/h4-11,22H,1-3H3,(H,20,23)(H,21,24). The Balaban J connectivity index is 2.01. The van der Waals surface area contributed by atoms with Crippen molar-refractivity contribution in [3.05, 3.63) is 65.5 Å². The van der Waals surface area contributed by atoms with E-state index in [4.69, 9.17) is 0 Å². The molecule has 2 amide bonds. The molecule has 0 unspecified atom stereocenters. The van der Waals surface area contributed by atoms with E-state index in [-0.39, 0.29) is 16.0 Å². The molecule has 0 spiro atoms. The fourth-order valence-electron chi connectivity index (χ4n) is 2.11. The maximum absolute atomic E-state index is 12.8. The Morgan fingerprint density at radius 1 is 0.815 bits per heavy atom. The van der Waals surface area contributed by atoms with Gasteiger partial charge in [0.25, 0.3) is 11.8 Å². The molecule has 0 aliphatic carbocycles. The monoisotopic (exact) mass is 393 g/mol. The van der Waals surface area contributed by atoms with E-state index in [2.05, 4.69) is 15.6 Å². The molecule has 2 aromatic rings. The highest BCUT2D eigenvalue weighted by Gasteiger charge is 2.22. The quantitative estimate of drug-likeness (QED) is 0.691. The van der Waals surface area contributed by atoms with E-state index in [0.29, 0.717) is 0 Å². The van der Waals surface area contributed by atoms with Gasteiger partial charge in [0, 0.05) is 16.7 Å². The Morgan fingerprint density at radius 3 is 1.63 bits per heavy atom. The highest BCUT2D eigenvalue weighted by atomic mass is 32.2. The molecule has 3 N–H and O–H groups in total. The molecule has 0 bridgehead atoms. The van der Waals surface area contributed by atoms with Crippen LogP contribution in [0.2, 0.25) is 0 Å². The first kappa shape index (κ1) is 20.5. The largest absolute Gasteiger partial charge is 0.269 e. The van der Waals surface area contributed by atoms with Crippen molar-refractivity contribution in [1.29, 1.82) is 0 Å². The summed E-state index contributed by atoms with van der Waals surface area (Å²) in [5.41, 5.74) is 4.10. The van der Waals surface area contributed by atoms with Crippen LogP contribution in [0.15, 0.2) is 53.4 Å². The summed E-state index contributed by atoms with van der Waals surface area (Å²) >= 11 is 0. The van der Waals surface area contributed by atoms with Crippen LogP contribution in [0.1, 0.15) is 41.5 Å². The van der Waals surface area contributed by atoms with Crippen LogP contribution in [-0.2, 0) is 10.0 Å².